The van der Waals surface area contributed by atoms with Gasteiger partial charge in [0.15, 0.2) is 0 Å². The third-order valence-electron chi connectivity index (χ3n) is 2.69. The number of nitrogens with zero attached hydrogens (tertiary/aromatic N) is 1. The van der Waals surface area contributed by atoms with Crippen LogP contribution in [0.25, 0.3) is 0 Å². The summed E-state index contributed by atoms with van der Waals surface area (Å²) in [6.07, 6.45) is 3.24. The lowest BCUT2D eigenvalue weighted by Gasteiger charge is -2.35. The number of hydrogen-bond donors (Lipinski definition) is 0. The average molecular weight is 218 g/mol. The lowest BCUT2D eigenvalue weighted by Crippen LogP contribution is -2.35. The fraction of sp³-hybridized carbons (Fsp3) is 1.00. The van der Waals surface area contributed by atoms with Crippen LogP contribution in [0.15, 0.2) is 0 Å². The van der Waals surface area contributed by atoms with Gasteiger partial charge in [0, 0.05) is 24.4 Å². The van der Waals surface area contributed by atoms with Crippen molar-refractivity contribution < 1.29 is 8.76 Å². The summed E-state index contributed by atoms with van der Waals surface area (Å²) >= 11 is -2.01. The first-order valence-electron chi connectivity index (χ1n) is 5.23. The van der Waals surface area contributed by atoms with E-state index < -0.39 is 11.3 Å². The second-order valence-corrected chi connectivity index (χ2v) is 6.30. The van der Waals surface area contributed by atoms with Crippen LogP contribution >= 0.6 is 0 Å². The van der Waals surface area contributed by atoms with E-state index >= 15 is 0 Å². The second-order valence-electron chi connectivity index (χ2n) is 5.35. The van der Waals surface area contributed by atoms with Gasteiger partial charge < -0.3 is 4.55 Å². The van der Waals surface area contributed by atoms with Gasteiger partial charge in [0.2, 0.25) is 0 Å². The molecule has 1 unspecified atom stereocenters. The molecule has 1 rings (SSSR count). The van der Waals surface area contributed by atoms with Crippen molar-refractivity contribution in [1.29, 1.82) is 0 Å². The molecule has 0 bridgehead atoms. The van der Waals surface area contributed by atoms with E-state index in [1.807, 2.05) is 0 Å². The predicted octanol–water partition coefficient (Wildman–Crippen LogP) is 1.93. The van der Waals surface area contributed by atoms with Crippen LogP contribution in [0.2, 0.25) is 0 Å². The number of hydrogen-bond acceptors (Lipinski definition) is 2. The van der Waals surface area contributed by atoms with Gasteiger partial charge in [0.25, 0.3) is 0 Å². The molecule has 0 amide bonds. The molecule has 84 valence electrons. The highest BCUT2D eigenvalue weighted by Crippen LogP contribution is 2.30. The van der Waals surface area contributed by atoms with E-state index in [0.717, 1.165) is 12.8 Å². The SMILES string of the molecule is CC(C)(C)CC1CCN(S(=O)[O-])CC1. The zero-order valence-corrected chi connectivity index (χ0v) is 10.1. The number of rotatable bonds is 2. The third-order valence-corrected chi connectivity index (χ3v) is 3.47. The molecular weight excluding hydrogens is 198 g/mol. The molecule has 1 aliphatic rings. The summed E-state index contributed by atoms with van der Waals surface area (Å²) in [7, 11) is 0. The predicted molar refractivity (Wildman–Crippen MR) is 57.3 cm³/mol. The summed E-state index contributed by atoms with van der Waals surface area (Å²) in [4.78, 5) is 0. The average Bonchev–Trinajstić information content (AvgIpc) is 2.02. The van der Waals surface area contributed by atoms with Gasteiger partial charge in [0.1, 0.15) is 0 Å². The van der Waals surface area contributed by atoms with Crippen LogP contribution in [0.3, 0.4) is 0 Å². The van der Waals surface area contributed by atoms with Gasteiger partial charge in [-0.25, -0.2) is 4.31 Å². The van der Waals surface area contributed by atoms with Crippen LogP contribution in [0, 0.1) is 11.3 Å². The van der Waals surface area contributed by atoms with E-state index in [2.05, 4.69) is 20.8 Å². The van der Waals surface area contributed by atoms with Crippen LogP contribution in [-0.4, -0.2) is 26.2 Å². The van der Waals surface area contributed by atoms with Crippen LogP contribution in [0.4, 0.5) is 0 Å². The fourth-order valence-electron chi connectivity index (χ4n) is 2.13. The Hall–Kier alpha value is 0.0700. The van der Waals surface area contributed by atoms with Gasteiger partial charge in [-0.15, -0.1) is 0 Å². The third kappa shape index (κ3) is 4.07. The van der Waals surface area contributed by atoms with E-state index in [0.29, 0.717) is 24.4 Å². The molecule has 0 N–H and O–H groups in total. The van der Waals surface area contributed by atoms with E-state index in [4.69, 9.17) is 0 Å². The molecule has 3 nitrogen and oxygen atoms in total. The van der Waals surface area contributed by atoms with Crippen LogP contribution in [-0.2, 0) is 11.3 Å². The summed E-state index contributed by atoms with van der Waals surface area (Å²) in [6.45, 7) is 8.13. The lowest BCUT2D eigenvalue weighted by atomic mass is 9.81. The Morgan fingerprint density at radius 2 is 1.86 bits per heavy atom. The summed E-state index contributed by atoms with van der Waals surface area (Å²) in [5, 5.41) is 0. The Morgan fingerprint density at radius 1 is 1.36 bits per heavy atom. The number of piperidine rings is 1. The Labute approximate surface area is 89.3 Å². The van der Waals surface area contributed by atoms with Crippen molar-refractivity contribution in [3.8, 4) is 0 Å². The van der Waals surface area contributed by atoms with Crippen molar-refractivity contribution in [2.24, 2.45) is 11.3 Å². The van der Waals surface area contributed by atoms with Gasteiger partial charge in [-0.1, -0.05) is 20.8 Å². The summed E-state index contributed by atoms with van der Waals surface area (Å²) in [5.41, 5.74) is 0.365. The van der Waals surface area contributed by atoms with E-state index in [9.17, 15) is 8.76 Å². The standard InChI is InChI=1S/C10H21NO2S/c1-10(2,3)8-9-4-6-11(7-5-9)14(12)13/h9H,4-8H2,1-3H3,(H,12,13)/p-1. The first-order valence-corrected chi connectivity index (χ1v) is 6.26. The van der Waals surface area contributed by atoms with Crippen molar-refractivity contribution in [3.05, 3.63) is 0 Å². The molecule has 1 fully saturated rings. The molecule has 1 atom stereocenters. The minimum absolute atomic E-state index is 0.365. The van der Waals surface area contributed by atoms with Crippen LogP contribution in [0.5, 0.6) is 0 Å². The maximum atomic E-state index is 10.7. The van der Waals surface area contributed by atoms with Crippen LogP contribution < -0.4 is 0 Å². The van der Waals surface area contributed by atoms with Gasteiger partial charge >= 0.3 is 0 Å². The largest absolute Gasteiger partial charge is 0.760 e. The van der Waals surface area contributed by atoms with Crippen molar-refractivity contribution in [3.63, 3.8) is 0 Å². The molecule has 0 aromatic carbocycles. The fourth-order valence-corrected chi connectivity index (χ4v) is 2.64. The zero-order valence-electron chi connectivity index (χ0n) is 9.28. The van der Waals surface area contributed by atoms with E-state index in [1.54, 1.807) is 0 Å². The summed E-state index contributed by atoms with van der Waals surface area (Å²) in [6, 6.07) is 0. The molecule has 0 aromatic rings. The van der Waals surface area contributed by atoms with Crippen molar-refractivity contribution >= 4 is 11.3 Å². The second kappa shape index (κ2) is 4.73. The van der Waals surface area contributed by atoms with Crippen molar-refractivity contribution in [2.45, 2.75) is 40.0 Å². The van der Waals surface area contributed by atoms with Gasteiger partial charge in [-0.05, 0) is 30.6 Å². The van der Waals surface area contributed by atoms with Gasteiger partial charge in [-0.2, -0.15) is 0 Å². The van der Waals surface area contributed by atoms with Crippen molar-refractivity contribution in [1.82, 2.24) is 4.31 Å². The molecule has 1 heterocycles. The Morgan fingerprint density at radius 3 is 2.21 bits per heavy atom. The minimum Gasteiger partial charge on any atom is -0.760 e. The molecular formula is C10H20NO2S-. The monoisotopic (exact) mass is 218 g/mol. The summed E-state index contributed by atoms with van der Waals surface area (Å²) < 4.78 is 22.9. The summed E-state index contributed by atoms with van der Waals surface area (Å²) in [5.74, 6) is 0.704. The van der Waals surface area contributed by atoms with Gasteiger partial charge in [0.05, 0.1) is 0 Å². The minimum atomic E-state index is -2.01. The quantitative estimate of drug-likeness (QED) is 0.665. The Bertz CT molecular complexity index is 205. The smallest absolute Gasteiger partial charge is 0.0209 e. The highest BCUT2D eigenvalue weighted by molar-refractivity contribution is 7.76. The molecule has 1 saturated heterocycles. The highest BCUT2D eigenvalue weighted by Gasteiger charge is 2.23. The maximum Gasteiger partial charge on any atom is 0.0209 e. The van der Waals surface area contributed by atoms with Crippen molar-refractivity contribution in [2.75, 3.05) is 13.1 Å². The normalized spacial score (nSPS) is 23.7. The molecule has 0 saturated carbocycles. The molecule has 4 heteroatoms. The Balaban J connectivity index is 2.33. The first-order chi connectivity index (χ1) is 6.38. The molecule has 0 aromatic heterocycles. The van der Waals surface area contributed by atoms with Gasteiger partial charge in [-0.3, -0.25) is 4.21 Å². The van der Waals surface area contributed by atoms with E-state index in [-0.39, 0.29) is 0 Å². The lowest BCUT2D eigenvalue weighted by molar-refractivity contribution is 0.205. The maximum absolute atomic E-state index is 10.7. The molecule has 1 aliphatic heterocycles. The van der Waals surface area contributed by atoms with Crippen LogP contribution in [0.1, 0.15) is 40.0 Å². The highest BCUT2D eigenvalue weighted by atomic mass is 32.2. The molecule has 0 spiro atoms. The molecule has 14 heavy (non-hydrogen) atoms. The zero-order chi connectivity index (χ0) is 10.8. The molecule has 0 radical (unpaired) electrons. The molecule has 0 aliphatic carbocycles. The van der Waals surface area contributed by atoms with E-state index in [1.165, 1.54) is 10.7 Å². The first kappa shape index (κ1) is 12.1. The topological polar surface area (TPSA) is 43.4 Å². The Kier molecular flexibility index (Phi) is 4.10.